The molecule has 7 nitrogen and oxygen atoms in total. The second-order valence-electron chi connectivity index (χ2n) is 3.87. The first-order valence-corrected chi connectivity index (χ1v) is 6.95. The molecule has 0 spiro atoms. The SMILES string of the molecule is CSC(CO)C(C)NC(=O)c1cn(CCN)nn1. The number of carbonyl (C=O) groups is 1. The molecule has 2 atom stereocenters. The minimum absolute atomic E-state index is 0.0163. The Balaban J connectivity index is 2.58. The summed E-state index contributed by atoms with van der Waals surface area (Å²) in [5.74, 6) is -0.293. The molecular weight excluding hydrogens is 254 g/mol. The first-order valence-electron chi connectivity index (χ1n) is 5.67. The van der Waals surface area contributed by atoms with E-state index in [1.165, 1.54) is 16.4 Å². The molecule has 0 radical (unpaired) electrons. The molecular formula is C10H19N5O2S. The van der Waals surface area contributed by atoms with Gasteiger partial charge in [0.2, 0.25) is 0 Å². The molecule has 2 unspecified atom stereocenters. The van der Waals surface area contributed by atoms with E-state index in [4.69, 9.17) is 10.8 Å². The lowest BCUT2D eigenvalue weighted by molar-refractivity contribution is 0.0931. The van der Waals surface area contributed by atoms with Crippen LogP contribution in [0.4, 0.5) is 0 Å². The summed E-state index contributed by atoms with van der Waals surface area (Å²) in [5.41, 5.74) is 5.64. The van der Waals surface area contributed by atoms with Gasteiger partial charge in [0.1, 0.15) is 0 Å². The largest absolute Gasteiger partial charge is 0.395 e. The van der Waals surface area contributed by atoms with Crippen LogP contribution in [0.25, 0.3) is 0 Å². The average Bonchev–Trinajstić information content (AvgIpc) is 2.79. The maximum atomic E-state index is 11.9. The molecule has 18 heavy (non-hydrogen) atoms. The van der Waals surface area contributed by atoms with E-state index >= 15 is 0 Å². The molecule has 8 heteroatoms. The summed E-state index contributed by atoms with van der Waals surface area (Å²) in [6.07, 6.45) is 3.45. The summed E-state index contributed by atoms with van der Waals surface area (Å²) in [5, 5.41) is 19.5. The lowest BCUT2D eigenvalue weighted by Crippen LogP contribution is -2.41. The Bertz CT molecular complexity index is 380. The molecule has 1 heterocycles. The van der Waals surface area contributed by atoms with Crippen LogP contribution in [0, 0.1) is 0 Å². The number of hydrogen-bond donors (Lipinski definition) is 3. The van der Waals surface area contributed by atoms with Crippen molar-refractivity contribution in [3.05, 3.63) is 11.9 Å². The Kier molecular flexibility index (Phi) is 6.10. The van der Waals surface area contributed by atoms with Crippen molar-refractivity contribution in [1.82, 2.24) is 20.3 Å². The number of nitrogens with two attached hydrogens (primary N) is 1. The molecule has 1 aromatic rings. The second-order valence-corrected chi connectivity index (χ2v) is 4.95. The first kappa shape index (κ1) is 14.9. The molecule has 0 aromatic carbocycles. The predicted molar refractivity (Wildman–Crippen MR) is 70.4 cm³/mol. The van der Waals surface area contributed by atoms with Gasteiger partial charge in [-0.25, -0.2) is 0 Å². The third-order valence-electron chi connectivity index (χ3n) is 2.53. The minimum Gasteiger partial charge on any atom is -0.395 e. The Labute approximate surface area is 110 Å². The third kappa shape index (κ3) is 3.97. The Morgan fingerprint density at radius 1 is 1.72 bits per heavy atom. The normalized spacial score (nSPS) is 14.2. The van der Waals surface area contributed by atoms with Gasteiger partial charge in [-0.15, -0.1) is 5.10 Å². The second kappa shape index (κ2) is 7.34. The fourth-order valence-electron chi connectivity index (χ4n) is 1.45. The number of aliphatic hydroxyl groups is 1. The molecule has 1 rings (SSSR count). The maximum Gasteiger partial charge on any atom is 0.273 e. The van der Waals surface area contributed by atoms with Gasteiger partial charge in [-0.1, -0.05) is 5.21 Å². The molecule has 0 aliphatic heterocycles. The average molecular weight is 273 g/mol. The van der Waals surface area contributed by atoms with Crippen LogP contribution in [0.5, 0.6) is 0 Å². The number of thioether (sulfide) groups is 1. The van der Waals surface area contributed by atoms with Crippen molar-refractivity contribution in [2.45, 2.75) is 24.8 Å². The van der Waals surface area contributed by atoms with E-state index < -0.39 is 0 Å². The summed E-state index contributed by atoms with van der Waals surface area (Å²) in [6.45, 7) is 2.84. The van der Waals surface area contributed by atoms with Gasteiger partial charge >= 0.3 is 0 Å². The van der Waals surface area contributed by atoms with Gasteiger partial charge in [-0.2, -0.15) is 11.8 Å². The standard InChI is InChI=1S/C10H19N5O2S/c1-7(9(6-16)18-2)12-10(17)8-5-15(4-3-11)14-13-8/h5,7,9,16H,3-4,6,11H2,1-2H3,(H,12,17). The van der Waals surface area contributed by atoms with Crippen LogP contribution in [0.1, 0.15) is 17.4 Å². The molecule has 0 saturated heterocycles. The van der Waals surface area contributed by atoms with Crippen LogP contribution < -0.4 is 11.1 Å². The molecule has 0 aliphatic carbocycles. The highest BCUT2D eigenvalue weighted by atomic mass is 32.2. The molecule has 0 fully saturated rings. The van der Waals surface area contributed by atoms with E-state index in [-0.39, 0.29) is 29.5 Å². The molecule has 0 saturated carbocycles. The molecule has 1 aromatic heterocycles. The highest BCUT2D eigenvalue weighted by Crippen LogP contribution is 2.10. The van der Waals surface area contributed by atoms with Crippen LogP contribution in [0.15, 0.2) is 6.20 Å². The number of hydrogen-bond acceptors (Lipinski definition) is 6. The number of carbonyl (C=O) groups excluding carboxylic acids is 1. The van der Waals surface area contributed by atoms with Crippen molar-refractivity contribution in [3.63, 3.8) is 0 Å². The summed E-state index contributed by atoms with van der Waals surface area (Å²) < 4.78 is 1.53. The van der Waals surface area contributed by atoms with Crippen molar-refractivity contribution < 1.29 is 9.90 Å². The molecule has 0 bridgehead atoms. The van der Waals surface area contributed by atoms with Gasteiger partial charge in [0.25, 0.3) is 5.91 Å². The van der Waals surface area contributed by atoms with Gasteiger partial charge in [0, 0.05) is 17.8 Å². The summed E-state index contributed by atoms with van der Waals surface area (Å²) in [7, 11) is 0. The molecule has 1 amide bonds. The Morgan fingerprint density at radius 2 is 2.44 bits per heavy atom. The van der Waals surface area contributed by atoms with Gasteiger partial charge in [-0.05, 0) is 13.2 Å². The third-order valence-corrected chi connectivity index (χ3v) is 3.69. The van der Waals surface area contributed by atoms with E-state index in [2.05, 4.69) is 15.6 Å². The monoisotopic (exact) mass is 273 g/mol. The van der Waals surface area contributed by atoms with Crippen molar-refractivity contribution in [1.29, 1.82) is 0 Å². The number of aromatic nitrogens is 3. The van der Waals surface area contributed by atoms with E-state index in [1.54, 1.807) is 6.20 Å². The van der Waals surface area contributed by atoms with Gasteiger partial charge in [0.15, 0.2) is 5.69 Å². The highest BCUT2D eigenvalue weighted by Gasteiger charge is 2.19. The topological polar surface area (TPSA) is 106 Å². The zero-order chi connectivity index (χ0) is 13.5. The van der Waals surface area contributed by atoms with E-state index in [9.17, 15) is 4.79 Å². The van der Waals surface area contributed by atoms with E-state index in [0.717, 1.165) is 0 Å². The van der Waals surface area contributed by atoms with Gasteiger partial charge in [0.05, 0.1) is 19.3 Å². The van der Waals surface area contributed by atoms with Crippen LogP contribution in [0.2, 0.25) is 0 Å². The zero-order valence-electron chi connectivity index (χ0n) is 10.5. The molecule has 0 aliphatic rings. The van der Waals surface area contributed by atoms with E-state index in [0.29, 0.717) is 13.1 Å². The van der Waals surface area contributed by atoms with Crippen LogP contribution >= 0.6 is 11.8 Å². The lowest BCUT2D eigenvalue weighted by atomic mass is 10.2. The number of nitrogens with zero attached hydrogens (tertiary/aromatic N) is 3. The van der Waals surface area contributed by atoms with Crippen molar-refractivity contribution in [2.24, 2.45) is 5.73 Å². The van der Waals surface area contributed by atoms with Crippen LogP contribution in [0.3, 0.4) is 0 Å². The van der Waals surface area contributed by atoms with Gasteiger partial charge in [-0.3, -0.25) is 9.48 Å². The zero-order valence-corrected chi connectivity index (χ0v) is 11.4. The number of rotatable bonds is 7. The smallest absolute Gasteiger partial charge is 0.273 e. The Hall–Kier alpha value is -1.12. The van der Waals surface area contributed by atoms with E-state index in [1.807, 2.05) is 13.2 Å². The highest BCUT2D eigenvalue weighted by molar-refractivity contribution is 7.99. The molecule has 4 N–H and O–H groups in total. The van der Waals surface area contributed by atoms with Crippen molar-refractivity contribution in [2.75, 3.05) is 19.4 Å². The fourth-order valence-corrected chi connectivity index (χ4v) is 2.08. The molecule has 102 valence electrons. The fraction of sp³-hybridized carbons (Fsp3) is 0.700. The quantitative estimate of drug-likeness (QED) is 0.593. The summed E-state index contributed by atoms with van der Waals surface area (Å²) in [4.78, 5) is 11.9. The van der Waals surface area contributed by atoms with Crippen LogP contribution in [-0.4, -0.2) is 56.7 Å². The summed E-state index contributed by atoms with van der Waals surface area (Å²) in [6, 6.07) is -0.142. The van der Waals surface area contributed by atoms with Crippen molar-refractivity contribution >= 4 is 17.7 Å². The number of aliphatic hydroxyl groups excluding tert-OH is 1. The van der Waals surface area contributed by atoms with Gasteiger partial charge < -0.3 is 16.2 Å². The van der Waals surface area contributed by atoms with Crippen molar-refractivity contribution in [3.8, 4) is 0 Å². The summed E-state index contributed by atoms with van der Waals surface area (Å²) >= 11 is 1.51. The minimum atomic E-state index is -0.293. The lowest BCUT2D eigenvalue weighted by Gasteiger charge is -2.20. The maximum absolute atomic E-state index is 11.9. The van der Waals surface area contributed by atoms with Crippen LogP contribution in [-0.2, 0) is 6.54 Å². The predicted octanol–water partition coefficient (Wildman–Crippen LogP) is -0.921. The first-order chi connectivity index (χ1) is 8.62. The number of nitrogens with one attached hydrogen (secondary N) is 1. The Morgan fingerprint density at radius 3 is 3.00 bits per heavy atom. The number of amides is 1.